The Balaban J connectivity index is 1.96. The lowest BCUT2D eigenvalue weighted by Crippen LogP contribution is -2.17. The average molecular weight is 521 g/mol. The Kier molecular flexibility index (Phi) is 11.5. The van der Waals surface area contributed by atoms with Crippen LogP contribution in [0, 0.1) is 0 Å². The molecule has 38 heavy (non-hydrogen) atoms. The number of hydrogen-bond acceptors (Lipinski definition) is 10. The highest BCUT2D eigenvalue weighted by molar-refractivity contribution is 6.02. The van der Waals surface area contributed by atoms with Crippen molar-refractivity contribution in [3.05, 3.63) is 47.0 Å². The number of nitrogens with one attached hydrogen (secondary N) is 2. The molecule has 3 rings (SSSR count). The third kappa shape index (κ3) is 8.81. The highest BCUT2D eigenvalue weighted by atomic mass is 16.5. The Morgan fingerprint density at radius 3 is 1.11 bits per heavy atom. The summed E-state index contributed by atoms with van der Waals surface area (Å²) in [5.74, 6) is 1.50. The summed E-state index contributed by atoms with van der Waals surface area (Å²) in [6.07, 6.45) is 0. The Hall–Kier alpha value is -3.50. The normalized spacial score (nSPS) is 14.9. The van der Waals surface area contributed by atoms with E-state index in [1.54, 1.807) is 0 Å². The van der Waals surface area contributed by atoms with Gasteiger partial charge in [-0.3, -0.25) is 20.0 Å². The Morgan fingerprint density at radius 1 is 0.553 bits per heavy atom. The van der Waals surface area contributed by atoms with Crippen molar-refractivity contribution in [3.63, 3.8) is 0 Å². The first-order valence-corrected chi connectivity index (χ1v) is 13.1. The Morgan fingerprint density at radius 2 is 0.842 bits per heavy atom. The van der Waals surface area contributed by atoms with Crippen LogP contribution in [0.4, 0.5) is 0 Å². The van der Waals surface area contributed by atoms with Crippen LogP contribution in [0.2, 0.25) is 0 Å². The van der Waals surface area contributed by atoms with Gasteiger partial charge in [0.25, 0.3) is 0 Å². The van der Waals surface area contributed by atoms with Crippen molar-refractivity contribution >= 4 is 22.8 Å². The molecule has 1 aliphatic heterocycles. The number of fused-ring (bicyclic) bond motifs is 4. The van der Waals surface area contributed by atoms with E-state index in [9.17, 15) is 0 Å². The van der Waals surface area contributed by atoms with Crippen LogP contribution in [0.5, 0.6) is 11.5 Å². The molecule has 0 fully saturated rings. The van der Waals surface area contributed by atoms with Crippen LogP contribution in [-0.4, -0.2) is 99.4 Å². The Bertz CT molecular complexity index is 1030. The van der Waals surface area contributed by atoms with Gasteiger partial charge >= 0.3 is 0 Å². The van der Waals surface area contributed by atoms with Crippen LogP contribution < -0.4 is 20.1 Å². The number of hydrogen-bond donors (Lipinski definition) is 2. The Labute approximate surface area is 225 Å². The molecular weight excluding hydrogens is 480 g/mol. The van der Waals surface area contributed by atoms with Crippen LogP contribution >= 0.6 is 0 Å². The molecule has 2 aromatic heterocycles. The molecule has 10 nitrogen and oxygen atoms in total. The molecule has 0 saturated carbocycles. The summed E-state index contributed by atoms with van der Waals surface area (Å²) in [6, 6.07) is 7.71. The van der Waals surface area contributed by atoms with Gasteiger partial charge in [-0.15, -0.1) is 0 Å². The zero-order chi connectivity index (χ0) is 27.3. The van der Waals surface area contributed by atoms with Crippen molar-refractivity contribution in [2.24, 2.45) is 20.0 Å². The van der Waals surface area contributed by atoms with Crippen LogP contribution in [0.15, 0.2) is 44.2 Å². The maximum absolute atomic E-state index is 5.95. The predicted octanol–water partition coefficient (Wildman–Crippen LogP) is 2.62. The van der Waals surface area contributed by atoms with E-state index in [-0.39, 0.29) is 0 Å². The van der Waals surface area contributed by atoms with Gasteiger partial charge in [-0.25, -0.2) is 9.97 Å². The molecule has 0 unspecified atom stereocenters. The number of likely N-dealkylation sites (N-methyl/N-ethyl adjacent to an activating group) is 2. The molecule has 0 aromatic carbocycles. The standard InChI is InChI=1S/C28H40N8O2/c1-19-25-15-23(37-13-11-29-5)16-26(35-25)20(2)33-9-10-34-22(4)28-18-24(38-14-12-30-6)17-27(36-28)21(3)32-8-7-31-19/h15-18,29-30H,7-14H2,1-6H3. The lowest BCUT2D eigenvalue weighted by molar-refractivity contribution is 0.318. The van der Waals surface area contributed by atoms with Gasteiger partial charge in [-0.05, 0) is 41.8 Å². The van der Waals surface area contributed by atoms with Gasteiger partial charge in [0, 0.05) is 37.4 Å². The van der Waals surface area contributed by atoms with Crippen molar-refractivity contribution in [1.29, 1.82) is 0 Å². The molecule has 0 radical (unpaired) electrons. The zero-order valence-electron chi connectivity index (χ0n) is 23.5. The van der Waals surface area contributed by atoms with Gasteiger partial charge in [0.1, 0.15) is 24.7 Å². The SMILES string of the molecule is CNCCOc1cc2nc(c1)C(C)=NCCN=C(C)c1cc(OCCNC)cc(n1)C(C)=NCCN=C2C. The minimum atomic E-state index is 0.532. The van der Waals surface area contributed by atoms with E-state index in [2.05, 4.69) is 10.6 Å². The molecule has 0 spiro atoms. The topological polar surface area (TPSA) is 118 Å². The smallest absolute Gasteiger partial charge is 0.123 e. The molecule has 0 saturated heterocycles. The minimum Gasteiger partial charge on any atom is -0.492 e. The third-order valence-corrected chi connectivity index (χ3v) is 5.92. The van der Waals surface area contributed by atoms with E-state index in [1.165, 1.54) is 0 Å². The van der Waals surface area contributed by atoms with E-state index in [1.807, 2.05) is 66.1 Å². The minimum absolute atomic E-state index is 0.532. The molecule has 204 valence electrons. The molecule has 2 N–H and O–H groups in total. The molecular formula is C28H40N8O2. The van der Waals surface area contributed by atoms with Gasteiger partial charge in [0.2, 0.25) is 0 Å². The summed E-state index contributed by atoms with van der Waals surface area (Å²) in [7, 11) is 3.80. The maximum atomic E-state index is 5.95. The van der Waals surface area contributed by atoms with Crippen LogP contribution in [-0.2, 0) is 0 Å². The summed E-state index contributed by atoms with van der Waals surface area (Å²) in [5, 5.41) is 6.20. The fourth-order valence-corrected chi connectivity index (χ4v) is 3.66. The fourth-order valence-electron chi connectivity index (χ4n) is 3.66. The quantitative estimate of drug-likeness (QED) is 0.517. The highest BCUT2D eigenvalue weighted by Crippen LogP contribution is 2.18. The molecule has 0 amide bonds. The summed E-state index contributed by atoms with van der Waals surface area (Å²) in [4.78, 5) is 28.6. The number of pyridine rings is 2. The fraction of sp³-hybridized carbons (Fsp3) is 0.500. The predicted molar refractivity (Wildman–Crippen MR) is 156 cm³/mol. The first-order valence-electron chi connectivity index (χ1n) is 13.1. The second-order valence-corrected chi connectivity index (χ2v) is 8.92. The van der Waals surface area contributed by atoms with Gasteiger partial charge in [-0.2, -0.15) is 0 Å². The molecule has 1 aliphatic rings. The van der Waals surface area contributed by atoms with E-state index in [4.69, 9.17) is 39.4 Å². The highest BCUT2D eigenvalue weighted by Gasteiger charge is 2.11. The van der Waals surface area contributed by atoms with Gasteiger partial charge in [0.05, 0.1) is 71.8 Å². The van der Waals surface area contributed by atoms with E-state index in [0.717, 1.165) is 70.2 Å². The van der Waals surface area contributed by atoms with Crippen molar-refractivity contribution in [2.45, 2.75) is 27.7 Å². The summed E-state index contributed by atoms with van der Waals surface area (Å²) < 4.78 is 11.9. The molecule has 4 bridgehead atoms. The van der Waals surface area contributed by atoms with Gasteiger partial charge in [0.15, 0.2) is 0 Å². The first-order chi connectivity index (χ1) is 18.4. The summed E-state index contributed by atoms with van der Waals surface area (Å²) in [5.41, 5.74) is 6.38. The number of aromatic nitrogens is 2. The van der Waals surface area contributed by atoms with Crippen molar-refractivity contribution < 1.29 is 9.47 Å². The molecule has 0 atom stereocenters. The van der Waals surface area contributed by atoms with Gasteiger partial charge < -0.3 is 20.1 Å². The number of ether oxygens (including phenoxy) is 2. The van der Waals surface area contributed by atoms with Crippen LogP contribution in [0.3, 0.4) is 0 Å². The number of aliphatic imine (C=N–C) groups is 4. The lowest BCUT2D eigenvalue weighted by atomic mass is 10.2. The summed E-state index contributed by atoms with van der Waals surface area (Å²) >= 11 is 0. The second-order valence-electron chi connectivity index (χ2n) is 8.92. The van der Waals surface area contributed by atoms with Crippen LogP contribution in [0.1, 0.15) is 50.5 Å². The molecule has 2 aromatic rings. The van der Waals surface area contributed by atoms with E-state index < -0.39 is 0 Å². The molecule has 0 aliphatic carbocycles. The number of nitrogens with zero attached hydrogens (tertiary/aromatic N) is 6. The van der Waals surface area contributed by atoms with Crippen molar-refractivity contribution in [1.82, 2.24) is 20.6 Å². The summed E-state index contributed by atoms with van der Waals surface area (Å²) in [6.45, 7) is 12.6. The number of rotatable bonds is 8. The molecule has 10 heteroatoms. The average Bonchev–Trinajstić information content (AvgIpc) is 2.92. The lowest BCUT2D eigenvalue weighted by Gasteiger charge is -2.12. The largest absolute Gasteiger partial charge is 0.492 e. The van der Waals surface area contributed by atoms with Crippen LogP contribution in [0.25, 0.3) is 0 Å². The van der Waals surface area contributed by atoms with Gasteiger partial charge in [-0.1, -0.05) is 0 Å². The second kappa shape index (κ2) is 15.0. The molecule has 3 heterocycles. The first kappa shape index (κ1) is 29.1. The third-order valence-electron chi connectivity index (χ3n) is 5.92. The van der Waals surface area contributed by atoms with E-state index >= 15 is 0 Å². The van der Waals surface area contributed by atoms with Crippen molar-refractivity contribution in [3.8, 4) is 11.5 Å². The van der Waals surface area contributed by atoms with E-state index in [0.29, 0.717) is 39.4 Å². The van der Waals surface area contributed by atoms with Crippen molar-refractivity contribution in [2.75, 3.05) is 66.6 Å². The zero-order valence-corrected chi connectivity index (χ0v) is 23.5. The maximum Gasteiger partial charge on any atom is 0.123 e. The monoisotopic (exact) mass is 520 g/mol.